The predicted octanol–water partition coefficient (Wildman–Crippen LogP) is -0.858. The summed E-state index contributed by atoms with van der Waals surface area (Å²) < 4.78 is 0. The molecule has 0 heterocycles. The Morgan fingerprint density at radius 1 is 1.57 bits per heavy atom. The number of carbonyl (C=O) groups excluding carboxylic acids is 2. The fourth-order valence-corrected chi connectivity index (χ4v) is 0.842. The second-order valence-corrected chi connectivity index (χ2v) is 2.85. The largest absolute Gasteiger partial charge is 0.359 e. The average Bonchev–Trinajstić information content (AvgIpc) is 2.17. The Kier molecular flexibility index (Phi) is 6.39. The first kappa shape index (κ1) is 12.6. The molecule has 0 spiro atoms. The Bertz CT molecular complexity index is 216. The molecule has 0 saturated carbocycles. The van der Waals surface area contributed by atoms with E-state index in [1.54, 1.807) is 13.1 Å². The molecule has 1 unspecified atom stereocenters. The average molecular weight is 199 g/mol. The molecule has 1 atom stereocenters. The van der Waals surface area contributed by atoms with Crippen molar-refractivity contribution in [2.45, 2.75) is 18.9 Å². The van der Waals surface area contributed by atoms with Gasteiger partial charge in [-0.15, -0.1) is 6.58 Å². The van der Waals surface area contributed by atoms with Gasteiger partial charge in [0.05, 0.1) is 6.04 Å². The van der Waals surface area contributed by atoms with Gasteiger partial charge in [-0.2, -0.15) is 0 Å². The molecule has 0 radical (unpaired) electrons. The van der Waals surface area contributed by atoms with E-state index in [1.807, 2.05) is 0 Å². The van der Waals surface area contributed by atoms with Crippen LogP contribution in [0.25, 0.3) is 0 Å². The molecule has 5 nitrogen and oxygen atoms in total. The Hall–Kier alpha value is -1.36. The van der Waals surface area contributed by atoms with Gasteiger partial charge in [-0.3, -0.25) is 9.59 Å². The number of nitrogens with two attached hydrogens (primary N) is 1. The molecule has 0 rings (SSSR count). The van der Waals surface area contributed by atoms with Crippen molar-refractivity contribution in [1.82, 2.24) is 10.6 Å². The first-order valence-corrected chi connectivity index (χ1v) is 4.46. The summed E-state index contributed by atoms with van der Waals surface area (Å²) in [6.45, 7) is 3.79. The van der Waals surface area contributed by atoms with E-state index in [1.165, 1.54) is 0 Å². The number of amides is 2. The van der Waals surface area contributed by atoms with E-state index >= 15 is 0 Å². The second-order valence-electron chi connectivity index (χ2n) is 2.85. The Labute approximate surface area is 83.7 Å². The lowest BCUT2D eigenvalue weighted by molar-refractivity contribution is -0.123. The van der Waals surface area contributed by atoms with Crippen LogP contribution in [0, 0.1) is 0 Å². The molecular formula is C9H17N3O2. The summed E-state index contributed by atoms with van der Waals surface area (Å²) in [5, 5.41) is 5.02. The van der Waals surface area contributed by atoms with Crippen LogP contribution in [0.1, 0.15) is 12.8 Å². The van der Waals surface area contributed by atoms with Gasteiger partial charge >= 0.3 is 0 Å². The van der Waals surface area contributed by atoms with Crippen molar-refractivity contribution in [3.63, 3.8) is 0 Å². The first-order valence-electron chi connectivity index (χ1n) is 4.46. The first-order chi connectivity index (χ1) is 6.61. The van der Waals surface area contributed by atoms with Crippen molar-refractivity contribution < 1.29 is 9.59 Å². The van der Waals surface area contributed by atoms with Gasteiger partial charge in [0, 0.05) is 20.0 Å². The SMILES string of the molecule is C=CCC(N)C(=O)NCCC(=O)NC. The molecule has 0 saturated heterocycles. The molecule has 0 bridgehead atoms. The molecule has 14 heavy (non-hydrogen) atoms. The second kappa shape index (κ2) is 7.08. The van der Waals surface area contributed by atoms with Crippen molar-refractivity contribution in [1.29, 1.82) is 0 Å². The van der Waals surface area contributed by atoms with Gasteiger partial charge in [-0.05, 0) is 6.42 Å². The van der Waals surface area contributed by atoms with Crippen molar-refractivity contribution in [3.05, 3.63) is 12.7 Å². The van der Waals surface area contributed by atoms with Crippen molar-refractivity contribution >= 4 is 11.8 Å². The molecule has 0 aliphatic carbocycles. The van der Waals surface area contributed by atoms with E-state index in [0.29, 0.717) is 13.0 Å². The number of carbonyl (C=O) groups is 2. The molecule has 0 aliphatic heterocycles. The molecule has 0 fully saturated rings. The Morgan fingerprint density at radius 3 is 2.71 bits per heavy atom. The standard InChI is InChI=1S/C9H17N3O2/c1-3-4-7(10)9(14)12-6-5-8(13)11-2/h3,7H,1,4-6,10H2,2H3,(H,11,13)(H,12,14). The van der Waals surface area contributed by atoms with Gasteiger partial charge in [0.25, 0.3) is 0 Å². The Balaban J connectivity index is 3.63. The van der Waals surface area contributed by atoms with E-state index in [2.05, 4.69) is 17.2 Å². The van der Waals surface area contributed by atoms with Gasteiger partial charge in [-0.25, -0.2) is 0 Å². The minimum absolute atomic E-state index is 0.109. The van der Waals surface area contributed by atoms with Gasteiger partial charge in [0.15, 0.2) is 0 Å². The maximum atomic E-state index is 11.2. The molecule has 2 amide bonds. The van der Waals surface area contributed by atoms with Crippen LogP contribution >= 0.6 is 0 Å². The van der Waals surface area contributed by atoms with Crippen molar-refractivity contribution in [2.24, 2.45) is 5.73 Å². The maximum Gasteiger partial charge on any atom is 0.237 e. The summed E-state index contributed by atoms with van der Waals surface area (Å²) in [6.07, 6.45) is 2.29. The van der Waals surface area contributed by atoms with Crippen LogP contribution in [-0.4, -0.2) is 31.4 Å². The Morgan fingerprint density at radius 2 is 2.21 bits per heavy atom. The van der Waals surface area contributed by atoms with Crippen LogP contribution in [0.15, 0.2) is 12.7 Å². The fourth-order valence-electron chi connectivity index (χ4n) is 0.842. The van der Waals surface area contributed by atoms with E-state index in [0.717, 1.165) is 0 Å². The van der Waals surface area contributed by atoms with Crippen LogP contribution in [0.5, 0.6) is 0 Å². The molecular weight excluding hydrogens is 182 g/mol. The normalized spacial score (nSPS) is 11.6. The highest BCUT2D eigenvalue weighted by Gasteiger charge is 2.10. The van der Waals surface area contributed by atoms with E-state index in [4.69, 9.17) is 5.73 Å². The number of nitrogens with one attached hydrogen (secondary N) is 2. The van der Waals surface area contributed by atoms with Crippen molar-refractivity contribution in [3.8, 4) is 0 Å². The lowest BCUT2D eigenvalue weighted by atomic mass is 10.2. The zero-order valence-corrected chi connectivity index (χ0v) is 8.38. The molecule has 5 heteroatoms. The van der Waals surface area contributed by atoms with E-state index in [9.17, 15) is 9.59 Å². The lowest BCUT2D eigenvalue weighted by Crippen LogP contribution is -2.41. The highest BCUT2D eigenvalue weighted by atomic mass is 16.2. The van der Waals surface area contributed by atoms with Gasteiger partial charge in [-0.1, -0.05) is 6.08 Å². The zero-order chi connectivity index (χ0) is 11.0. The third-order valence-electron chi connectivity index (χ3n) is 1.69. The van der Waals surface area contributed by atoms with Crippen LogP contribution in [0.2, 0.25) is 0 Å². The summed E-state index contributed by atoms with van der Waals surface area (Å²) in [6, 6.07) is -0.572. The monoisotopic (exact) mass is 199 g/mol. The lowest BCUT2D eigenvalue weighted by Gasteiger charge is -2.09. The zero-order valence-electron chi connectivity index (χ0n) is 8.38. The molecule has 4 N–H and O–H groups in total. The molecule has 0 aromatic carbocycles. The quantitative estimate of drug-likeness (QED) is 0.487. The highest BCUT2D eigenvalue weighted by molar-refractivity contribution is 5.82. The van der Waals surface area contributed by atoms with Crippen LogP contribution in [0.3, 0.4) is 0 Å². The molecule has 80 valence electrons. The number of rotatable bonds is 6. The van der Waals surface area contributed by atoms with Crippen LogP contribution in [0.4, 0.5) is 0 Å². The fraction of sp³-hybridized carbons (Fsp3) is 0.556. The summed E-state index contributed by atoms with van der Waals surface area (Å²) in [7, 11) is 1.55. The smallest absolute Gasteiger partial charge is 0.237 e. The minimum Gasteiger partial charge on any atom is -0.359 e. The summed E-state index contributed by atoms with van der Waals surface area (Å²) >= 11 is 0. The van der Waals surface area contributed by atoms with Crippen molar-refractivity contribution in [2.75, 3.05) is 13.6 Å². The topological polar surface area (TPSA) is 84.2 Å². The minimum atomic E-state index is -0.572. The summed E-state index contributed by atoms with van der Waals surface area (Å²) in [4.78, 5) is 22.0. The number of hydrogen-bond donors (Lipinski definition) is 3. The maximum absolute atomic E-state index is 11.2. The number of hydrogen-bond acceptors (Lipinski definition) is 3. The summed E-state index contributed by atoms with van der Waals surface area (Å²) in [5.41, 5.74) is 5.49. The van der Waals surface area contributed by atoms with Crippen LogP contribution in [-0.2, 0) is 9.59 Å². The molecule has 0 aliphatic rings. The predicted molar refractivity (Wildman–Crippen MR) is 54.5 cm³/mol. The highest BCUT2D eigenvalue weighted by Crippen LogP contribution is 1.88. The van der Waals surface area contributed by atoms with Gasteiger partial charge in [0.2, 0.25) is 11.8 Å². The third kappa shape index (κ3) is 5.31. The third-order valence-corrected chi connectivity index (χ3v) is 1.69. The molecule has 0 aromatic rings. The summed E-state index contributed by atoms with van der Waals surface area (Å²) in [5.74, 6) is -0.364. The molecule has 0 aromatic heterocycles. The van der Waals surface area contributed by atoms with Gasteiger partial charge in [0.1, 0.15) is 0 Å². The van der Waals surface area contributed by atoms with Gasteiger partial charge < -0.3 is 16.4 Å². The van der Waals surface area contributed by atoms with E-state index in [-0.39, 0.29) is 18.2 Å². The van der Waals surface area contributed by atoms with Crippen LogP contribution < -0.4 is 16.4 Å². The van der Waals surface area contributed by atoms with E-state index < -0.39 is 6.04 Å².